The van der Waals surface area contributed by atoms with Gasteiger partial charge < -0.3 is 15.5 Å². The second-order valence-electron chi connectivity index (χ2n) is 6.65. The third kappa shape index (κ3) is 4.08. The molecule has 0 atom stereocenters. The second kappa shape index (κ2) is 7.81. The van der Waals surface area contributed by atoms with Crippen molar-refractivity contribution >= 4 is 67.4 Å². The fourth-order valence-corrected chi connectivity index (χ4v) is 4.35. The normalized spacial score (nSPS) is 13.7. The molecule has 1 aliphatic heterocycles. The van der Waals surface area contributed by atoms with Gasteiger partial charge in [0.25, 0.3) is 5.91 Å². The molecule has 148 valence electrons. The van der Waals surface area contributed by atoms with Gasteiger partial charge in [0.2, 0.25) is 11.8 Å². The van der Waals surface area contributed by atoms with Crippen LogP contribution >= 0.6 is 22.9 Å². The fourth-order valence-electron chi connectivity index (χ4n) is 3.23. The summed E-state index contributed by atoms with van der Waals surface area (Å²) in [4.78, 5) is 42.2. The van der Waals surface area contributed by atoms with Crippen molar-refractivity contribution < 1.29 is 14.4 Å². The van der Waals surface area contributed by atoms with Crippen molar-refractivity contribution in [2.75, 3.05) is 22.1 Å². The van der Waals surface area contributed by atoms with Crippen molar-refractivity contribution in [2.45, 2.75) is 19.8 Å². The van der Waals surface area contributed by atoms with Crippen LogP contribution in [0.3, 0.4) is 0 Å². The number of carbonyl (C=O) groups is 3. The van der Waals surface area contributed by atoms with Crippen molar-refractivity contribution in [1.82, 2.24) is 4.98 Å². The Kier molecular flexibility index (Phi) is 5.21. The highest BCUT2D eigenvalue weighted by molar-refractivity contribution is 7.22. The van der Waals surface area contributed by atoms with E-state index in [4.69, 9.17) is 11.6 Å². The number of thiazole rings is 1. The van der Waals surface area contributed by atoms with Crippen LogP contribution in [0, 0.1) is 0 Å². The van der Waals surface area contributed by atoms with Gasteiger partial charge in [-0.15, -0.1) is 0 Å². The molecule has 0 aliphatic carbocycles. The summed E-state index contributed by atoms with van der Waals surface area (Å²) in [5.41, 5.74) is 2.22. The van der Waals surface area contributed by atoms with Crippen LogP contribution in [-0.4, -0.2) is 29.3 Å². The summed E-state index contributed by atoms with van der Waals surface area (Å²) in [6.45, 7) is 1.99. The Hall–Kier alpha value is -2.97. The summed E-state index contributed by atoms with van der Waals surface area (Å²) in [7, 11) is 0. The van der Waals surface area contributed by atoms with Gasteiger partial charge in [-0.25, -0.2) is 4.98 Å². The van der Waals surface area contributed by atoms with E-state index in [1.54, 1.807) is 41.3 Å². The molecule has 0 spiro atoms. The highest BCUT2D eigenvalue weighted by Gasteiger charge is 2.26. The van der Waals surface area contributed by atoms with E-state index in [0.717, 1.165) is 16.6 Å². The van der Waals surface area contributed by atoms with Crippen LogP contribution in [0.5, 0.6) is 0 Å². The zero-order valence-corrected chi connectivity index (χ0v) is 17.1. The summed E-state index contributed by atoms with van der Waals surface area (Å²) < 4.78 is 0.831. The number of anilines is 3. The monoisotopic (exact) mass is 428 g/mol. The zero-order chi connectivity index (χ0) is 20.5. The standard InChI is InChI=1S/C20H17ClN4O3S/c1-11(26)22-20-24-15-7-5-13(10-17(15)29-20)23-19(28)14-6-4-12(21)9-16(14)25-8-2-3-18(25)27/h4-7,9-10H,2-3,8H2,1H3,(H,23,28)(H,22,24,26). The average molecular weight is 429 g/mol. The number of amides is 3. The van der Waals surface area contributed by atoms with Gasteiger partial charge >= 0.3 is 0 Å². The molecule has 1 aliphatic rings. The minimum atomic E-state index is -0.331. The molecule has 3 amide bonds. The Morgan fingerprint density at radius 3 is 2.72 bits per heavy atom. The Balaban J connectivity index is 1.61. The van der Waals surface area contributed by atoms with Gasteiger partial charge in [-0.1, -0.05) is 22.9 Å². The molecule has 1 saturated heterocycles. The predicted octanol–water partition coefficient (Wildman–Crippen LogP) is 4.29. The molecular formula is C20H17ClN4O3S. The first-order valence-corrected chi connectivity index (χ1v) is 10.2. The van der Waals surface area contributed by atoms with Crippen LogP contribution < -0.4 is 15.5 Å². The van der Waals surface area contributed by atoms with E-state index in [-0.39, 0.29) is 17.7 Å². The first-order chi connectivity index (χ1) is 13.9. The molecule has 2 N–H and O–H groups in total. The van der Waals surface area contributed by atoms with Crippen LogP contribution in [0.15, 0.2) is 36.4 Å². The molecule has 0 saturated carbocycles. The molecule has 1 aromatic heterocycles. The van der Waals surface area contributed by atoms with E-state index < -0.39 is 0 Å². The number of fused-ring (bicyclic) bond motifs is 1. The first-order valence-electron chi connectivity index (χ1n) is 9.00. The minimum absolute atomic E-state index is 0.0158. The number of nitrogens with one attached hydrogen (secondary N) is 2. The lowest BCUT2D eigenvalue weighted by Crippen LogP contribution is -2.27. The largest absolute Gasteiger partial charge is 0.322 e. The summed E-state index contributed by atoms with van der Waals surface area (Å²) in [5.74, 6) is -0.537. The molecule has 0 bridgehead atoms. The van der Waals surface area contributed by atoms with E-state index in [1.807, 2.05) is 0 Å². The number of halogens is 1. The van der Waals surface area contributed by atoms with Crippen molar-refractivity contribution in [2.24, 2.45) is 0 Å². The first kappa shape index (κ1) is 19.4. The van der Waals surface area contributed by atoms with Crippen molar-refractivity contribution in [1.29, 1.82) is 0 Å². The van der Waals surface area contributed by atoms with Crippen molar-refractivity contribution in [3.05, 3.63) is 47.0 Å². The molecule has 0 radical (unpaired) electrons. The third-order valence-corrected chi connectivity index (χ3v) is 5.67. The predicted molar refractivity (Wildman–Crippen MR) is 115 cm³/mol. The Morgan fingerprint density at radius 1 is 1.17 bits per heavy atom. The molecule has 0 unspecified atom stereocenters. The highest BCUT2D eigenvalue weighted by atomic mass is 35.5. The van der Waals surface area contributed by atoms with Gasteiger partial charge in [0.05, 0.1) is 21.5 Å². The SMILES string of the molecule is CC(=O)Nc1nc2ccc(NC(=O)c3ccc(Cl)cc3N3CCCC3=O)cc2s1. The minimum Gasteiger partial charge on any atom is -0.322 e. The van der Waals surface area contributed by atoms with Gasteiger partial charge in [-0.05, 0) is 42.8 Å². The van der Waals surface area contributed by atoms with Gasteiger partial charge in [-0.2, -0.15) is 0 Å². The van der Waals surface area contributed by atoms with E-state index in [0.29, 0.717) is 40.1 Å². The topological polar surface area (TPSA) is 91.4 Å². The van der Waals surface area contributed by atoms with Crippen LogP contribution in [-0.2, 0) is 9.59 Å². The number of hydrogen-bond acceptors (Lipinski definition) is 5. The highest BCUT2D eigenvalue weighted by Crippen LogP contribution is 2.31. The maximum Gasteiger partial charge on any atom is 0.257 e. The number of hydrogen-bond donors (Lipinski definition) is 2. The lowest BCUT2D eigenvalue weighted by atomic mass is 10.1. The van der Waals surface area contributed by atoms with Crippen LogP contribution in [0.2, 0.25) is 5.02 Å². The van der Waals surface area contributed by atoms with Gasteiger partial charge in [0.15, 0.2) is 5.13 Å². The summed E-state index contributed by atoms with van der Waals surface area (Å²) in [6, 6.07) is 10.2. The Bertz CT molecular complexity index is 1140. The third-order valence-electron chi connectivity index (χ3n) is 4.50. The van der Waals surface area contributed by atoms with Gasteiger partial charge in [0.1, 0.15) is 0 Å². The molecule has 2 heterocycles. The number of aromatic nitrogens is 1. The summed E-state index contributed by atoms with van der Waals surface area (Å²) in [6.07, 6.45) is 1.22. The number of rotatable bonds is 4. The van der Waals surface area contributed by atoms with Gasteiger partial charge in [0, 0.05) is 30.6 Å². The Morgan fingerprint density at radius 2 is 2.00 bits per heavy atom. The molecular weight excluding hydrogens is 412 g/mol. The van der Waals surface area contributed by atoms with E-state index in [1.165, 1.54) is 18.3 Å². The lowest BCUT2D eigenvalue weighted by molar-refractivity contribution is -0.117. The number of benzene rings is 2. The van der Waals surface area contributed by atoms with Crippen LogP contribution in [0.25, 0.3) is 10.2 Å². The maximum atomic E-state index is 12.9. The quantitative estimate of drug-likeness (QED) is 0.648. The summed E-state index contributed by atoms with van der Waals surface area (Å²) in [5, 5.41) is 6.50. The molecule has 4 rings (SSSR count). The molecule has 1 fully saturated rings. The van der Waals surface area contributed by atoms with E-state index in [2.05, 4.69) is 15.6 Å². The van der Waals surface area contributed by atoms with Crippen LogP contribution in [0.4, 0.5) is 16.5 Å². The van der Waals surface area contributed by atoms with Gasteiger partial charge in [-0.3, -0.25) is 14.4 Å². The lowest BCUT2D eigenvalue weighted by Gasteiger charge is -2.19. The maximum absolute atomic E-state index is 12.9. The smallest absolute Gasteiger partial charge is 0.257 e. The molecule has 2 aromatic carbocycles. The van der Waals surface area contributed by atoms with Crippen molar-refractivity contribution in [3.8, 4) is 0 Å². The second-order valence-corrected chi connectivity index (χ2v) is 8.11. The van der Waals surface area contributed by atoms with Crippen molar-refractivity contribution in [3.63, 3.8) is 0 Å². The Labute approximate surface area is 175 Å². The number of carbonyl (C=O) groups excluding carboxylic acids is 3. The fraction of sp³-hybridized carbons (Fsp3) is 0.200. The zero-order valence-electron chi connectivity index (χ0n) is 15.5. The average Bonchev–Trinajstić information content (AvgIpc) is 3.25. The van der Waals surface area contributed by atoms with Crippen LogP contribution in [0.1, 0.15) is 30.1 Å². The number of nitrogens with zero attached hydrogens (tertiary/aromatic N) is 2. The molecule has 7 nitrogen and oxygen atoms in total. The summed E-state index contributed by atoms with van der Waals surface area (Å²) >= 11 is 7.43. The molecule has 9 heteroatoms. The van der Waals surface area contributed by atoms with E-state index in [9.17, 15) is 14.4 Å². The molecule has 3 aromatic rings. The van der Waals surface area contributed by atoms with E-state index >= 15 is 0 Å². The molecule has 29 heavy (non-hydrogen) atoms.